The van der Waals surface area contributed by atoms with Crippen LogP contribution in [0.1, 0.15) is 30.3 Å². The molecule has 1 N–H and O–H groups in total. The molecular formula is C18H21N3O5S. The largest absolute Gasteiger partial charge is 0.469 e. The van der Waals surface area contributed by atoms with Crippen molar-refractivity contribution in [3.63, 3.8) is 0 Å². The number of rotatable bonds is 5. The number of aromatic nitrogens is 1. The van der Waals surface area contributed by atoms with Crippen molar-refractivity contribution >= 4 is 39.5 Å². The fourth-order valence-corrected chi connectivity index (χ4v) is 4.23. The van der Waals surface area contributed by atoms with Crippen LogP contribution in [0.25, 0.3) is 10.2 Å². The average Bonchev–Trinajstić information content (AvgIpc) is 3.32. The third kappa shape index (κ3) is 4.19. The Morgan fingerprint density at radius 2 is 2.07 bits per heavy atom. The third-order valence-corrected chi connectivity index (χ3v) is 5.63. The minimum atomic E-state index is -1.09. The van der Waals surface area contributed by atoms with E-state index in [1.54, 1.807) is 16.2 Å². The zero-order valence-corrected chi connectivity index (χ0v) is 16.0. The van der Waals surface area contributed by atoms with Crippen molar-refractivity contribution in [2.75, 3.05) is 20.8 Å². The molecule has 3 rings (SSSR count). The van der Waals surface area contributed by atoms with Gasteiger partial charge in [-0.15, -0.1) is 11.3 Å². The Labute approximate surface area is 160 Å². The summed E-state index contributed by atoms with van der Waals surface area (Å²) in [6, 6.07) is 6.16. The van der Waals surface area contributed by atoms with Crippen LogP contribution < -0.4 is 5.32 Å². The normalized spacial score (nSPS) is 17.6. The molecule has 144 valence electrons. The summed E-state index contributed by atoms with van der Waals surface area (Å²) in [6.07, 6.45) is 1.36. The summed E-state index contributed by atoms with van der Waals surface area (Å²) >= 11 is 1.56. The molecule has 9 heteroatoms. The van der Waals surface area contributed by atoms with E-state index in [2.05, 4.69) is 19.8 Å². The molecule has 1 aromatic heterocycles. The first-order valence-electron chi connectivity index (χ1n) is 8.60. The molecule has 0 bridgehead atoms. The maximum Gasteiger partial charge on any atom is 0.329 e. The minimum Gasteiger partial charge on any atom is -0.469 e. The number of para-hydroxylation sites is 1. The van der Waals surface area contributed by atoms with E-state index in [4.69, 9.17) is 0 Å². The smallest absolute Gasteiger partial charge is 0.329 e. The molecule has 27 heavy (non-hydrogen) atoms. The molecule has 0 spiro atoms. The van der Waals surface area contributed by atoms with Crippen molar-refractivity contribution in [1.82, 2.24) is 15.2 Å². The number of thiazole rings is 1. The minimum absolute atomic E-state index is 0.154. The highest BCUT2D eigenvalue weighted by Gasteiger charge is 2.35. The standard InChI is InChI=1S/C18H21N3O5S/c1-25-15(22)10-12(17(23)26-2)20-18(24)21-9-5-7-13(21)16-19-11-6-3-4-8-14(11)27-16/h3-4,6,8,12-13H,5,7,9-10H2,1-2H3,(H,20,24). The van der Waals surface area contributed by atoms with Gasteiger partial charge in [-0.1, -0.05) is 12.1 Å². The van der Waals surface area contributed by atoms with Crippen LogP contribution in [0.5, 0.6) is 0 Å². The van der Waals surface area contributed by atoms with Gasteiger partial charge in [0.25, 0.3) is 0 Å². The highest BCUT2D eigenvalue weighted by atomic mass is 32.1. The molecule has 2 atom stereocenters. The van der Waals surface area contributed by atoms with Gasteiger partial charge >= 0.3 is 18.0 Å². The number of nitrogens with one attached hydrogen (secondary N) is 1. The number of benzene rings is 1. The van der Waals surface area contributed by atoms with Gasteiger partial charge < -0.3 is 19.7 Å². The Hall–Kier alpha value is -2.68. The highest BCUT2D eigenvalue weighted by Crippen LogP contribution is 2.36. The SMILES string of the molecule is COC(=O)CC(NC(=O)N1CCCC1c1nc2ccccc2s1)C(=O)OC. The predicted molar refractivity (Wildman–Crippen MR) is 99.3 cm³/mol. The molecule has 0 aliphatic carbocycles. The molecule has 1 fully saturated rings. The van der Waals surface area contributed by atoms with E-state index in [1.807, 2.05) is 24.3 Å². The summed E-state index contributed by atoms with van der Waals surface area (Å²) in [6.45, 7) is 0.554. The summed E-state index contributed by atoms with van der Waals surface area (Å²) in [5.74, 6) is -1.29. The third-order valence-electron chi connectivity index (χ3n) is 4.49. The van der Waals surface area contributed by atoms with Crippen LogP contribution in [0.2, 0.25) is 0 Å². The fourth-order valence-electron chi connectivity index (χ4n) is 3.12. The molecule has 1 aliphatic heterocycles. The number of amides is 2. The fraction of sp³-hybridized carbons (Fsp3) is 0.444. The quantitative estimate of drug-likeness (QED) is 0.785. The van der Waals surface area contributed by atoms with Crippen LogP contribution in [-0.2, 0) is 19.1 Å². The number of likely N-dealkylation sites (tertiary alicyclic amines) is 1. The first-order chi connectivity index (χ1) is 13.0. The maximum absolute atomic E-state index is 12.8. The molecule has 2 unspecified atom stereocenters. The van der Waals surface area contributed by atoms with E-state index in [-0.39, 0.29) is 12.5 Å². The van der Waals surface area contributed by atoms with E-state index in [0.717, 1.165) is 28.1 Å². The van der Waals surface area contributed by atoms with Gasteiger partial charge in [-0.2, -0.15) is 0 Å². The Bertz CT molecular complexity index is 819. The number of carbonyl (C=O) groups excluding carboxylic acids is 3. The summed E-state index contributed by atoms with van der Waals surface area (Å²) in [4.78, 5) is 42.5. The van der Waals surface area contributed by atoms with E-state index in [9.17, 15) is 14.4 Å². The first kappa shape index (κ1) is 19.1. The Morgan fingerprint density at radius 3 is 2.78 bits per heavy atom. The van der Waals surface area contributed by atoms with Crippen molar-refractivity contribution in [2.45, 2.75) is 31.3 Å². The monoisotopic (exact) mass is 391 g/mol. The van der Waals surface area contributed by atoms with Gasteiger partial charge in [-0.05, 0) is 25.0 Å². The summed E-state index contributed by atoms with van der Waals surface area (Å²) < 4.78 is 10.3. The number of ether oxygens (including phenoxy) is 2. The van der Waals surface area contributed by atoms with E-state index >= 15 is 0 Å². The zero-order valence-electron chi connectivity index (χ0n) is 15.1. The topological polar surface area (TPSA) is 97.8 Å². The van der Waals surface area contributed by atoms with Crippen LogP contribution >= 0.6 is 11.3 Å². The molecular weight excluding hydrogens is 370 g/mol. The zero-order chi connectivity index (χ0) is 19.4. The molecule has 1 saturated heterocycles. The predicted octanol–water partition coefficient (Wildman–Crippen LogP) is 2.25. The molecule has 0 saturated carbocycles. The number of urea groups is 1. The lowest BCUT2D eigenvalue weighted by atomic mass is 10.2. The molecule has 1 aliphatic rings. The lowest BCUT2D eigenvalue weighted by Gasteiger charge is -2.25. The molecule has 2 heterocycles. The van der Waals surface area contributed by atoms with Crippen LogP contribution in [0.15, 0.2) is 24.3 Å². The number of nitrogens with zero attached hydrogens (tertiary/aromatic N) is 2. The van der Waals surface area contributed by atoms with Gasteiger partial charge in [0.1, 0.15) is 11.0 Å². The van der Waals surface area contributed by atoms with Crippen molar-refractivity contribution in [3.8, 4) is 0 Å². The van der Waals surface area contributed by atoms with E-state index < -0.39 is 24.0 Å². The van der Waals surface area contributed by atoms with Crippen molar-refractivity contribution < 1.29 is 23.9 Å². The molecule has 2 amide bonds. The number of esters is 2. The number of methoxy groups -OCH3 is 2. The first-order valence-corrected chi connectivity index (χ1v) is 9.42. The number of carbonyl (C=O) groups is 3. The van der Waals surface area contributed by atoms with E-state index in [0.29, 0.717) is 6.54 Å². The van der Waals surface area contributed by atoms with Crippen LogP contribution in [-0.4, -0.2) is 54.7 Å². The molecule has 8 nitrogen and oxygen atoms in total. The lowest BCUT2D eigenvalue weighted by molar-refractivity contribution is -0.149. The Morgan fingerprint density at radius 1 is 1.30 bits per heavy atom. The number of fused-ring (bicyclic) bond motifs is 1. The number of hydrogen-bond donors (Lipinski definition) is 1. The summed E-state index contributed by atoms with van der Waals surface area (Å²) in [5.41, 5.74) is 0.905. The molecule has 2 aromatic rings. The van der Waals surface area contributed by atoms with Crippen molar-refractivity contribution in [2.24, 2.45) is 0 Å². The average molecular weight is 391 g/mol. The van der Waals surface area contributed by atoms with Crippen LogP contribution in [0.4, 0.5) is 4.79 Å². The van der Waals surface area contributed by atoms with Gasteiger partial charge in [0.05, 0.1) is 36.9 Å². The summed E-state index contributed by atoms with van der Waals surface area (Å²) in [5, 5.41) is 3.46. The second-order valence-corrected chi connectivity index (χ2v) is 7.24. The lowest BCUT2D eigenvalue weighted by Crippen LogP contribution is -2.49. The van der Waals surface area contributed by atoms with E-state index in [1.165, 1.54) is 14.2 Å². The number of hydrogen-bond acceptors (Lipinski definition) is 7. The van der Waals surface area contributed by atoms with Gasteiger partial charge in [-0.25, -0.2) is 14.6 Å². The maximum atomic E-state index is 12.8. The van der Waals surface area contributed by atoms with Crippen molar-refractivity contribution in [3.05, 3.63) is 29.3 Å². The molecule has 0 radical (unpaired) electrons. The second-order valence-electron chi connectivity index (χ2n) is 6.18. The second kappa shape index (κ2) is 8.34. The van der Waals surface area contributed by atoms with Gasteiger partial charge in [0, 0.05) is 6.54 Å². The van der Waals surface area contributed by atoms with Crippen LogP contribution in [0.3, 0.4) is 0 Å². The van der Waals surface area contributed by atoms with Crippen LogP contribution in [0, 0.1) is 0 Å². The van der Waals surface area contributed by atoms with Gasteiger partial charge in [0.2, 0.25) is 0 Å². The summed E-state index contributed by atoms with van der Waals surface area (Å²) in [7, 11) is 2.43. The van der Waals surface area contributed by atoms with Gasteiger partial charge in [-0.3, -0.25) is 4.79 Å². The van der Waals surface area contributed by atoms with Crippen molar-refractivity contribution in [1.29, 1.82) is 0 Å². The molecule has 1 aromatic carbocycles. The van der Waals surface area contributed by atoms with Gasteiger partial charge in [0.15, 0.2) is 0 Å². The Kier molecular flexibility index (Phi) is 5.90. The Balaban J connectivity index is 1.75. The highest BCUT2D eigenvalue weighted by molar-refractivity contribution is 7.18.